The molecule has 0 N–H and O–H groups in total. The molecular weight excluding hydrogens is 695 g/mol. The van der Waals surface area contributed by atoms with Crippen molar-refractivity contribution >= 4 is 80.9 Å². The predicted molar refractivity (Wildman–Crippen MR) is 243 cm³/mol. The van der Waals surface area contributed by atoms with Gasteiger partial charge in [0.1, 0.15) is 0 Å². The average molecular weight is 730 g/mol. The van der Waals surface area contributed by atoms with Crippen molar-refractivity contribution in [1.82, 2.24) is 0 Å². The highest BCUT2D eigenvalue weighted by Gasteiger charge is 2.20. The zero-order chi connectivity index (χ0) is 37.0. The van der Waals surface area contributed by atoms with Crippen molar-refractivity contribution in [3.63, 3.8) is 0 Å². The Balaban J connectivity index is 1.10. The van der Waals surface area contributed by atoms with Gasteiger partial charge in [-0.05, 0) is 115 Å². The van der Waals surface area contributed by atoms with Crippen LogP contribution in [0.15, 0.2) is 212 Å². The van der Waals surface area contributed by atoms with Crippen LogP contribution >= 0.6 is 11.3 Å². The van der Waals surface area contributed by atoms with Gasteiger partial charge in [-0.15, -0.1) is 11.3 Å². The first-order valence-electron chi connectivity index (χ1n) is 19.2. The Bertz CT molecular complexity index is 3230. The second-order valence-electron chi connectivity index (χ2n) is 14.5. The summed E-state index contributed by atoms with van der Waals surface area (Å²) in [6.45, 7) is 0. The van der Waals surface area contributed by atoms with Crippen molar-refractivity contribution in [1.29, 1.82) is 0 Å². The molecule has 0 aliphatic rings. The third-order valence-corrected chi connectivity index (χ3v) is 12.4. The molecule has 0 aliphatic carbocycles. The molecule has 11 rings (SSSR count). The molecule has 0 amide bonds. The highest BCUT2D eigenvalue weighted by atomic mass is 32.1. The lowest BCUT2D eigenvalue weighted by atomic mass is 9.92. The molecule has 0 atom stereocenters. The second-order valence-corrected chi connectivity index (χ2v) is 15.6. The fourth-order valence-corrected chi connectivity index (χ4v) is 9.60. The van der Waals surface area contributed by atoms with Crippen LogP contribution in [0.1, 0.15) is 0 Å². The van der Waals surface area contributed by atoms with Gasteiger partial charge in [-0.3, -0.25) is 0 Å². The van der Waals surface area contributed by atoms with Crippen molar-refractivity contribution in [2.75, 3.05) is 4.90 Å². The molecule has 0 spiro atoms. The van der Waals surface area contributed by atoms with Gasteiger partial charge in [0.05, 0.1) is 5.69 Å². The van der Waals surface area contributed by atoms with Gasteiger partial charge in [-0.2, -0.15) is 0 Å². The van der Waals surface area contributed by atoms with E-state index in [1.807, 2.05) is 11.3 Å². The highest BCUT2D eigenvalue weighted by Crippen LogP contribution is 2.46. The number of hydrogen-bond donors (Lipinski definition) is 0. The maximum Gasteiger partial charge on any atom is 0.0540 e. The summed E-state index contributed by atoms with van der Waals surface area (Å²) in [4.78, 5) is 2.45. The number of nitrogens with zero attached hydrogens (tertiary/aromatic N) is 1. The summed E-state index contributed by atoms with van der Waals surface area (Å²) < 4.78 is 2.61. The zero-order valence-corrected chi connectivity index (χ0v) is 31.4. The molecule has 262 valence electrons. The molecule has 0 aliphatic heterocycles. The Morgan fingerprint density at radius 2 is 0.821 bits per heavy atom. The predicted octanol–water partition coefficient (Wildman–Crippen LogP) is 16.0. The standard InChI is InChI=1S/C54H35NS/c1-2-12-36(13-3-1)37-22-24-38(25-23-37)39-26-28-43(29-27-39)55(44-30-31-53-51(35-44)50-32-40-14-4-5-15-41(40)34-54(50)56-53)52-21-11-10-20-48(52)49-33-42-16-6-7-17-45(42)46-18-8-9-19-47(46)49/h1-35H. The van der Waals surface area contributed by atoms with Gasteiger partial charge in [-0.1, -0.05) is 158 Å². The Morgan fingerprint density at radius 3 is 1.57 bits per heavy atom. The van der Waals surface area contributed by atoms with E-state index in [4.69, 9.17) is 0 Å². The van der Waals surface area contributed by atoms with Crippen molar-refractivity contribution < 1.29 is 0 Å². The van der Waals surface area contributed by atoms with Crippen LogP contribution in [0.25, 0.3) is 85.9 Å². The van der Waals surface area contributed by atoms with Gasteiger partial charge < -0.3 is 4.90 Å². The van der Waals surface area contributed by atoms with E-state index in [0.29, 0.717) is 0 Å². The maximum absolute atomic E-state index is 2.45. The van der Waals surface area contributed by atoms with Crippen LogP contribution in [0.2, 0.25) is 0 Å². The van der Waals surface area contributed by atoms with Crippen LogP contribution < -0.4 is 4.90 Å². The second kappa shape index (κ2) is 13.4. The van der Waals surface area contributed by atoms with Gasteiger partial charge in [0.2, 0.25) is 0 Å². The highest BCUT2D eigenvalue weighted by molar-refractivity contribution is 7.25. The molecule has 0 saturated carbocycles. The largest absolute Gasteiger partial charge is 0.310 e. The van der Waals surface area contributed by atoms with E-state index >= 15 is 0 Å². The topological polar surface area (TPSA) is 3.24 Å². The van der Waals surface area contributed by atoms with E-state index in [0.717, 1.165) is 17.1 Å². The molecule has 1 nitrogen and oxygen atoms in total. The van der Waals surface area contributed by atoms with E-state index in [1.54, 1.807) is 0 Å². The summed E-state index contributed by atoms with van der Waals surface area (Å²) in [5.74, 6) is 0. The molecule has 0 bridgehead atoms. The smallest absolute Gasteiger partial charge is 0.0540 e. The van der Waals surface area contributed by atoms with Crippen molar-refractivity contribution in [2.24, 2.45) is 0 Å². The van der Waals surface area contributed by atoms with Crippen LogP contribution in [0.5, 0.6) is 0 Å². The quantitative estimate of drug-likeness (QED) is 0.154. The Labute approximate surface area is 330 Å². The fourth-order valence-electron chi connectivity index (χ4n) is 8.48. The summed E-state index contributed by atoms with van der Waals surface area (Å²) in [6, 6.07) is 77.8. The molecule has 10 aromatic carbocycles. The summed E-state index contributed by atoms with van der Waals surface area (Å²) in [7, 11) is 0. The number of benzene rings is 10. The van der Waals surface area contributed by atoms with Crippen molar-refractivity contribution in [3.8, 4) is 33.4 Å². The van der Waals surface area contributed by atoms with Gasteiger partial charge in [0.25, 0.3) is 0 Å². The molecule has 1 aromatic heterocycles. The van der Waals surface area contributed by atoms with E-state index in [-0.39, 0.29) is 0 Å². The molecule has 0 unspecified atom stereocenters. The summed E-state index contributed by atoms with van der Waals surface area (Å²) in [5.41, 5.74) is 10.6. The number of anilines is 3. The number of thiophene rings is 1. The fraction of sp³-hybridized carbons (Fsp3) is 0. The van der Waals surface area contributed by atoms with E-state index in [1.165, 1.54) is 85.9 Å². The van der Waals surface area contributed by atoms with E-state index in [9.17, 15) is 0 Å². The normalized spacial score (nSPS) is 11.6. The Hall–Kier alpha value is -7.00. The lowest BCUT2D eigenvalue weighted by Gasteiger charge is -2.28. The van der Waals surface area contributed by atoms with Gasteiger partial charge >= 0.3 is 0 Å². The van der Waals surface area contributed by atoms with Gasteiger partial charge in [0.15, 0.2) is 0 Å². The lowest BCUT2D eigenvalue weighted by Crippen LogP contribution is -2.11. The number of fused-ring (bicyclic) bond motifs is 7. The number of para-hydroxylation sites is 1. The van der Waals surface area contributed by atoms with Crippen LogP contribution in [-0.4, -0.2) is 0 Å². The summed E-state index contributed by atoms with van der Waals surface area (Å²) >= 11 is 1.87. The molecule has 11 aromatic rings. The number of hydrogen-bond acceptors (Lipinski definition) is 2. The van der Waals surface area contributed by atoms with Crippen molar-refractivity contribution in [2.45, 2.75) is 0 Å². The minimum Gasteiger partial charge on any atom is -0.310 e. The molecule has 0 saturated heterocycles. The Morgan fingerprint density at radius 1 is 0.286 bits per heavy atom. The van der Waals surface area contributed by atoms with Gasteiger partial charge in [0, 0.05) is 37.1 Å². The minimum atomic E-state index is 1.11. The zero-order valence-electron chi connectivity index (χ0n) is 30.6. The first-order chi connectivity index (χ1) is 27.7. The average Bonchev–Trinajstić information content (AvgIpc) is 3.63. The third kappa shape index (κ3) is 5.54. The van der Waals surface area contributed by atoms with Crippen LogP contribution in [0.4, 0.5) is 17.1 Å². The monoisotopic (exact) mass is 729 g/mol. The molecule has 56 heavy (non-hydrogen) atoms. The molecule has 0 fully saturated rings. The first-order valence-corrected chi connectivity index (χ1v) is 20.0. The van der Waals surface area contributed by atoms with E-state index in [2.05, 4.69) is 217 Å². The van der Waals surface area contributed by atoms with Gasteiger partial charge in [-0.25, -0.2) is 0 Å². The first kappa shape index (κ1) is 32.4. The SMILES string of the molecule is c1ccc(-c2ccc(-c3ccc(N(c4ccc5sc6cc7ccccc7cc6c5c4)c4ccccc4-c4cc5ccccc5c5ccccc45)cc3)cc2)cc1. The minimum absolute atomic E-state index is 1.11. The molecular formula is C54H35NS. The summed E-state index contributed by atoms with van der Waals surface area (Å²) in [6.07, 6.45) is 0. The Kier molecular flexibility index (Phi) is 7.75. The van der Waals surface area contributed by atoms with Crippen molar-refractivity contribution in [3.05, 3.63) is 212 Å². The molecule has 1 heterocycles. The van der Waals surface area contributed by atoms with Crippen LogP contribution in [0.3, 0.4) is 0 Å². The lowest BCUT2D eigenvalue weighted by molar-refractivity contribution is 1.29. The van der Waals surface area contributed by atoms with Crippen LogP contribution in [-0.2, 0) is 0 Å². The van der Waals surface area contributed by atoms with Crippen LogP contribution in [0, 0.1) is 0 Å². The molecule has 0 radical (unpaired) electrons. The number of rotatable bonds is 6. The maximum atomic E-state index is 2.45. The molecule has 2 heteroatoms. The third-order valence-electron chi connectivity index (χ3n) is 11.2. The van der Waals surface area contributed by atoms with E-state index < -0.39 is 0 Å². The summed E-state index contributed by atoms with van der Waals surface area (Å²) in [5, 5.41) is 10.2.